The quantitative estimate of drug-likeness (QED) is 0.730. The molecular formula is C20H22FN3. The first-order valence-electron chi connectivity index (χ1n) is 8.46. The maximum atomic E-state index is 13.8. The largest absolute Gasteiger partial charge is 0.367 e. The molecule has 2 aromatic carbocycles. The molecule has 0 spiro atoms. The molecule has 0 radical (unpaired) electrons. The zero-order valence-electron chi connectivity index (χ0n) is 14.0. The van der Waals surface area contributed by atoms with Gasteiger partial charge >= 0.3 is 0 Å². The maximum absolute atomic E-state index is 13.8. The molecule has 1 saturated heterocycles. The molecule has 4 rings (SSSR count). The summed E-state index contributed by atoms with van der Waals surface area (Å²) < 4.78 is 16.1. The standard InChI is InChI=1S/C20H22FN3/c1-22-9-11-23(12-10-22)20-15-24(14-16-5-3-2-4-6-16)19-8-7-17(21)13-18(19)20/h2-8,13,15H,9-12,14H2,1H3. The van der Waals surface area contributed by atoms with E-state index < -0.39 is 0 Å². The number of rotatable bonds is 3. The fourth-order valence-electron chi connectivity index (χ4n) is 3.46. The van der Waals surface area contributed by atoms with Crippen LogP contribution in [0.1, 0.15) is 5.56 Å². The van der Waals surface area contributed by atoms with Crippen LogP contribution in [0.15, 0.2) is 54.7 Å². The van der Waals surface area contributed by atoms with Crippen molar-refractivity contribution in [2.75, 3.05) is 38.1 Å². The van der Waals surface area contributed by atoms with Gasteiger partial charge < -0.3 is 14.4 Å². The van der Waals surface area contributed by atoms with Gasteiger partial charge in [-0.25, -0.2) is 4.39 Å². The highest BCUT2D eigenvalue weighted by atomic mass is 19.1. The SMILES string of the molecule is CN1CCN(c2cn(Cc3ccccc3)c3ccc(F)cc23)CC1. The highest BCUT2D eigenvalue weighted by Crippen LogP contribution is 2.31. The van der Waals surface area contributed by atoms with Crippen LogP contribution in [-0.2, 0) is 6.54 Å². The van der Waals surface area contributed by atoms with Crippen LogP contribution in [0.2, 0.25) is 0 Å². The van der Waals surface area contributed by atoms with Gasteiger partial charge in [0.1, 0.15) is 5.82 Å². The summed E-state index contributed by atoms with van der Waals surface area (Å²) in [6, 6.07) is 15.5. The minimum atomic E-state index is -0.171. The summed E-state index contributed by atoms with van der Waals surface area (Å²) in [6.45, 7) is 4.85. The molecule has 124 valence electrons. The fraction of sp³-hybridized carbons (Fsp3) is 0.300. The third kappa shape index (κ3) is 2.89. The third-order valence-corrected chi connectivity index (χ3v) is 4.86. The van der Waals surface area contributed by atoms with Crippen molar-refractivity contribution >= 4 is 16.6 Å². The molecule has 1 fully saturated rings. The molecule has 0 bridgehead atoms. The van der Waals surface area contributed by atoms with Gasteiger partial charge in [0.25, 0.3) is 0 Å². The molecule has 2 heterocycles. The molecule has 0 N–H and O–H groups in total. The number of aromatic nitrogens is 1. The number of piperazine rings is 1. The fourth-order valence-corrected chi connectivity index (χ4v) is 3.46. The average Bonchev–Trinajstić information content (AvgIpc) is 2.94. The van der Waals surface area contributed by atoms with Gasteiger partial charge in [-0.3, -0.25) is 0 Å². The van der Waals surface area contributed by atoms with Gasteiger partial charge in [0.15, 0.2) is 0 Å². The van der Waals surface area contributed by atoms with Crippen molar-refractivity contribution in [2.24, 2.45) is 0 Å². The van der Waals surface area contributed by atoms with Gasteiger partial charge in [-0.15, -0.1) is 0 Å². The molecule has 4 heteroatoms. The van der Waals surface area contributed by atoms with Crippen LogP contribution >= 0.6 is 0 Å². The van der Waals surface area contributed by atoms with Crippen LogP contribution in [0.3, 0.4) is 0 Å². The number of likely N-dealkylation sites (N-methyl/N-ethyl adjacent to an activating group) is 1. The monoisotopic (exact) mass is 323 g/mol. The second kappa shape index (κ2) is 6.29. The van der Waals surface area contributed by atoms with Crippen molar-refractivity contribution in [2.45, 2.75) is 6.54 Å². The van der Waals surface area contributed by atoms with E-state index in [1.54, 1.807) is 12.1 Å². The van der Waals surface area contributed by atoms with E-state index in [-0.39, 0.29) is 5.82 Å². The van der Waals surface area contributed by atoms with Crippen molar-refractivity contribution in [1.82, 2.24) is 9.47 Å². The van der Waals surface area contributed by atoms with Crippen molar-refractivity contribution in [1.29, 1.82) is 0 Å². The molecule has 24 heavy (non-hydrogen) atoms. The Morgan fingerprint density at radius 3 is 2.46 bits per heavy atom. The van der Waals surface area contributed by atoms with E-state index in [1.807, 2.05) is 12.1 Å². The molecule has 0 atom stereocenters. The summed E-state index contributed by atoms with van der Waals surface area (Å²) in [6.07, 6.45) is 2.18. The van der Waals surface area contributed by atoms with Gasteiger partial charge in [-0.1, -0.05) is 30.3 Å². The predicted molar refractivity (Wildman–Crippen MR) is 97.2 cm³/mol. The highest BCUT2D eigenvalue weighted by Gasteiger charge is 2.19. The Bertz CT molecular complexity index is 833. The topological polar surface area (TPSA) is 11.4 Å². The second-order valence-electron chi connectivity index (χ2n) is 6.58. The normalized spacial score (nSPS) is 16.0. The van der Waals surface area contributed by atoms with Gasteiger partial charge in [-0.05, 0) is 30.8 Å². The van der Waals surface area contributed by atoms with Gasteiger partial charge in [-0.2, -0.15) is 0 Å². The van der Waals surface area contributed by atoms with Crippen molar-refractivity contribution in [3.8, 4) is 0 Å². The number of hydrogen-bond acceptors (Lipinski definition) is 2. The zero-order valence-corrected chi connectivity index (χ0v) is 14.0. The van der Waals surface area contributed by atoms with E-state index >= 15 is 0 Å². The second-order valence-corrected chi connectivity index (χ2v) is 6.58. The molecule has 0 saturated carbocycles. The maximum Gasteiger partial charge on any atom is 0.124 e. The van der Waals surface area contributed by atoms with Gasteiger partial charge in [0.05, 0.1) is 11.2 Å². The molecular weight excluding hydrogens is 301 g/mol. The number of benzene rings is 2. The summed E-state index contributed by atoms with van der Waals surface area (Å²) in [5.41, 5.74) is 3.49. The average molecular weight is 323 g/mol. The Morgan fingerprint density at radius 1 is 0.958 bits per heavy atom. The minimum Gasteiger partial charge on any atom is -0.367 e. The lowest BCUT2D eigenvalue weighted by atomic mass is 10.2. The van der Waals surface area contributed by atoms with Crippen LogP contribution in [0, 0.1) is 5.82 Å². The van der Waals surface area contributed by atoms with Crippen molar-refractivity contribution < 1.29 is 4.39 Å². The van der Waals surface area contributed by atoms with E-state index in [0.717, 1.165) is 49.3 Å². The van der Waals surface area contributed by atoms with Crippen LogP contribution in [0.5, 0.6) is 0 Å². The number of halogens is 1. The third-order valence-electron chi connectivity index (χ3n) is 4.86. The molecule has 3 aromatic rings. The Balaban J connectivity index is 1.75. The molecule has 1 aromatic heterocycles. The Labute approximate surface area is 141 Å². The Hall–Kier alpha value is -2.33. The van der Waals surface area contributed by atoms with E-state index in [2.05, 4.69) is 51.9 Å². The minimum absolute atomic E-state index is 0.171. The summed E-state index contributed by atoms with van der Waals surface area (Å²) in [7, 11) is 2.15. The van der Waals surface area contributed by atoms with E-state index in [9.17, 15) is 4.39 Å². The molecule has 0 unspecified atom stereocenters. The van der Waals surface area contributed by atoms with Gasteiger partial charge in [0.2, 0.25) is 0 Å². The number of anilines is 1. The molecule has 0 amide bonds. The number of hydrogen-bond donors (Lipinski definition) is 0. The number of nitrogens with zero attached hydrogens (tertiary/aromatic N) is 3. The molecule has 1 aliphatic rings. The molecule has 0 aliphatic carbocycles. The molecule has 3 nitrogen and oxygen atoms in total. The summed E-state index contributed by atoms with van der Waals surface area (Å²) in [5.74, 6) is -0.171. The summed E-state index contributed by atoms with van der Waals surface area (Å²) >= 11 is 0. The first-order chi connectivity index (χ1) is 11.7. The van der Waals surface area contributed by atoms with Crippen LogP contribution in [0.4, 0.5) is 10.1 Å². The summed E-state index contributed by atoms with van der Waals surface area (Å²) in [4.78, 5) is 4.71. The smallest absolute Gasteiger partial charge is 0.124 e. The lowest BCUT2D eigenvalue weighted by Crippen LogP contribution is -2.44. The van der Waals surface area contributed by atoms with Crippen molar-refractivity contribution in [3.05, 3.63) is 66.1 Å². The van der Waals surface area contributed by atoms with E-state index in [1.165, 1.54) is 5.56 Å². The lowest BCUT2D eigenvalue weighted by Gasteiger charge is -2.33. The van der Waals surface area contributed by atoms with Crippen LogP contribution < -0.4 is 4.90 Å². The Kier molecular flexibility index (Phi) is 3.98. The first-order valence-corrected chi connectivity index (χ1v) is 8.46. The van der Waals surface area contributed by atoms with Crippen molar-refractivity contribution in [3.63, 3.8) is 0 Å². The summed E-state index contributed by atoms with van der Waals surface area (Å²) in [5, 5.41) is 1.01. The Morgan fingerprint density at radius 2 is 1.71 bits per heavy atom. The van der Waals surface area contributed by atoms with Gasteiger partial charge in [0, 0.05) is 44.3 Å². The lowest BCUT2D eigenvalue weighted by molar-refractivity contribution is 0.313. The van der Waals surface area contributed by atoms with Crippen LogP contribution in [0.25, 0.3) is 10.9 Å². The van der Waals surface area contributed by atoms with E-state index in [0.29, 0.717) is 0 Å². The zero-order chi connectivity index (χ0) is 16.5. The number of fused-ring (bicyclic) bond motifs is 1. The van der Waals surface area contributed by atoms with E-state index in [4.69, 9.17) is 0 Å². The van der Waals surface area contributed by atoms with Crippen LogP contribution in [-0.4, -0.2) is 42.7 Å². The predicted octanol–water partition coefficient (Wildman–Crippen LogP) is 3.58. The first kappa shape index (κ1) is 15.2. The molecule has 1 aliphatic heterocycles. The highest BCUT2D eigenvalue weighted by molar-refractivity contribution is 5.93.